The van der Waals surface area contributed by atoms with E-state index in [9.17, 15) is 9.90 Å². The lowest BCUT2D eigenvalue weighted by Crippen LogP contribution is -2.29. The van der Waals surface area contributed by atoms with Crippen molar-refractivity contribution in [2.75, 3.05) is 0 Å². The van der Waals surface area contributed by atoms with Gasteiger partial charge in [-0.3, -0.25) is 9.48 Å². The van der Waals surface area contributed by atoms with Crippen molar-refractivity contribution in [2.45, 2.75) is 40.3 Å². The Balaban J connectivity index is 1.67. The lowest BCUT2D eigenvalue weighted by Gasteiger charge is -2.19. The molecule has 0 saturated heterocycles. The van der Waals surface area contributed by atoms with Gasteiger partial charge in [0.1, 0.15) is 5.75 Å². The van der Waals surface area contributed by atoms with Crippen LogP contribution in [0, 0.1) is 5.41 Å². The molecule has 4 rings (SSSR count). The highest BCUT2D eigenvalue weighted by Crippen LogP contribution is 2.33. The molecule has 0 unspecified atom stereocenters. The summed E-state index contributed by atoms with van der Waals surface area (Å²) < 4.78 is 12.8. The molecule has 0 aliphatic carbocycles. The number of fused-ring (bicyclic) bond motifs is 1. The molecule has 0 spiro atoms. The van der Waals surface area contributed by atoms with Gasteiger partial charge in [-0.25, -0.2) is 0 Å². The van der Waals surface area contributed by atoms with Crippen LogP contribution in [0.5, 0.6) is 5.75 Å². The predicted molar refractivity (Wildman–Crippen MR) is 121 cm³/mol. The molecule has 4 aromatic rings. The summed E-state index contributed by atoms with van der Waals surface area (Å²) in [5, 5.41) is 19.2. The lowest BCUT2D eigenvalue weighted by molar-refractivity contribution is -0.147. The summed E-state index contributed by atoms with van der Waals surface area (Å²) in [6.45, 7) is 7.43. The van der Waals surface area contributed by atoms with Crippen LogP contribution in [0.3, 0.4) is 0 Å². The number of carboxylic acid groups (broad SMARTS) is 1. The topological polar surface area (TPSA) is 103 Å². The predicted octanol–water partition coefficient (Wildman–Crippen LogP) is 5.30. The first-order valence-electron chi connectivity index (χ1n) is 10.1. The Morgan fingerprint density at radius 1 is 1.28 bits per heavy atom. The van der Waals surface area contributed by atoms with Crippen LogP contribution >= 0.6 is 11.6 Å². The number of aliphatic carboxylic acids is 1. The number of aromatic nitrogens is 4. The van der Waals surface area contributed by atoms with Crippen molar-refractivity contribution in [1.29, 1.82) is 0 Å². The molecule has 0 amide bonds. The van der Waals surface area contributed by atoms with E-state index in [0.717, 1.165) is 16.5 Å². The van der Waals surface area contributed by atoms with Crippen LogP contribution in [0.1, 0.15) is 27.7 Å². The Labute approximate surface area is 189 Å². The summed E-state index contributed by atoms with van der Waals surface area (Å²) >= 11 is 6.34. The van der Waals surface area contributed by atoms with Gasteiger partial charge < -0.3 is 14.4 Å². The molecule has 0 radical (unpaired) electrons. The van der Waals surface area contributed by atoms with E-state index < -0.39 is 11.4 Å². The van der Waals surface area contributed by atoms with Crippen molar-refractivity contribution < 1.29 is 19.2 Å². The molecule has 1 N–H and O–H groups in total. The van der Waals surface area contributed by atoms with E-state index in [4.69, 9.17) is 20.9 Å². The molecule has 2 heterocycles. The van der Waals surface area contributed by atoms with Gasteiger partial charge in [-0.2, -0.15) is 10.1 Å². The molecule has 9 heteroatoms. The number of ether oxygens (including phenoxy) is 1. The minimum absolute atomic E-state index is 0.0100. The Kier molecular flexibility index (Phi) is 5.64. The highest BCUT2D eigenvalue weighted by atomic mass is 35.5. The Morgan fingerprint density at radius 2 is 2.06 bits per heavy atom. The zero-order chi connectivity index (χ0) is 23.0. The van der Waals surface area contributed by atoms with E-state index in [1.165, 1.54) is 0 Å². The third kappa shape index (κ3) is 4.18. The minimum atomic E-state index is -0.959. The third-order valence-electron chi connectivity index (χ3n) is 5.02. The Bertz CT molecular complexity index is 1290. The number of carboxylic acids is 1. The maximum Gasteiger partial charge on any atom is 0.310 e. The number of benzene rings is 2. The fourth-order valence-corrected chi connectivity index (χ4v) is 3.53. The third-order valence-corrected chi connectivity index (χ3v) is 5.32. The van der Waals surface area contributed by atoms with Crippen LogP contribution in [0.25, 0.3) is 33.7 Å². The summed E-state index contributed by atoms with van der Waals surface area (Å²) in [7, 11) is 0. The summed E-state index contributed by atoms with van der Waals surface area (Å²) in [4.78, 5) is 16.1. The summed E-state index contributed by atoms with van der Waals surface area (Å²) in [6, 6.07) is 10.9. The van der Waals surface area contributed by atoms with Gasteiger partial charge in [0.05, 0.1) is 34.8 Å². The molecule has 0 fully saturated rings. The summed E-state index contributed by atoms with van der Waals surface area (Å²) in [6.07, 6.45) is 1.70. The van der Waals surface area contributed by atoms with Gasteiger partial charge in [0, 0.05) is 16.5 Å². The molecule has 2 aromatic carbocycles. The molecular weight excluding hydrogens is 432 g/mol. The first-order valence-corrected chi connectivity index (χ1v) is 10.5. The van der Waals surface area contributed by atoms with E-state index in [1.54, 1.807) is 36.9 Å². The Hall–Kier alpha value is -3.39. The zero-order valence-electron chi connectivity index (χ0n) is 18.2. The van der Waals surface area contributed by atoms with E-state index in [1.807, 2.05) is 38.1 Å². The van der Waals surface area contributed by atoms with E-state index in [0.29, 0.717) is 28.1 Å². The van der Waals surface area contributed by atoms with Gasteiger partial charge in [-0.15, -0.1) is 0 Å². The minimum Gasteiger partial charge on any atom is -0.489 e. The van der Waals surface area contributed by atoms with Gasteiger partial charge in [0.25, 0.3) is 5.89 Å². The fraction of sp³-hybridized carbons (Fsp3) is 0.304. The smallest absolute Gasteiger partial charge is 0.310 e. The van der Waals surface area contributed by atoms with Crippen molar-refractivity contribution in [3.63, 3.8) is 0 Å². The van der Waals surface area contributed by atoms with Crippen LogP contribution < -0.4 is 4.74 Å². The quantitative estimate of drug-likeness (QED) is 0.403. The maximum atomic E-state index is 11.5. The van der Waals surface area contributed by atoms with Gasteiger partial charge >= 0.3 is 5.97 Å². The normalized spacial score (nSPS) is 11.9. The number of hydrogen-bond donors (Lipinski definition) is 1. The highest BCUT2D eigenvalue weighted by molar-refractivity contribution is 6.32. The van der Waals surface area contributed by atoms with Crippen molar-refractivity contribution in [2.24, 2.45) is 5.41 Å². The second-order valence-electron chi connectivity index (χ2n) is 8.46. The molecule has 0 saturated carbocycles. The number of nitrogens with zero attached hydrogens (tertiary/aromatic N) is 4. The van der Waals surface area contributed by atoms with Gasteiger partial charge in [-0.05, 0) is 52.0 Å². The zero-order valence-corrected chi connectivity index (χ0v) is 18.9. The molecule has 0 atom stereocenters. The van der Waals surface area contributed by atoms with Gasteiger partial charge in [0.2, 0.25) is 5.82 Å². The fourth-order valence-electron chi connectivity index (χ4n) is 3.30. The van der Waals surface area contributed by atoms with E-state index in [2.05, 4.69) is 15.2 Å². The standard InChI is InChI=1S/C23H23ClN4O4/c1-13(2)31-19-9-8-14(10-17(19)24)21-26-20(27-32-21)15-6-5-7-18-16(15)11-25-28(18)12-23(3,4)22(29)30/h5-11,13H,12H2,1-4H3,(H,29,30). The lowest BCUT2D eigenvalue weighted by atomic mass is 9.94. The van der Waals surface area contributed by atoms with Gasteiger partial charge in [-0.1, -0.05) is 28.9 Å². The maximum absolute atomic E-state index is 11.5. The second-order valence-corrected chi connectivity index (χ2v) is 8.87. The van der Waals surface area contributed by atoms with Crippen LogP contribution in [0.2, 0.25) is 5.02 Å². The van der Waals surface area contributed by atoms with E-state index in [-0.39, 0.29) is 12.6 Å². The SMILES string of the molecule is CC(C)Oc1ccc(-c2nc(-c3cccc4c3cnn4CC(C)(C)C(=O)O)no2)cc1Cl. The number of hydrogen-bond acceptors (Lipinski definition) is 6. The molecule has 8 nitrogen and oxygen atoms in total. The van der Waals surface area contributed by atoms with Crippen LogP contribution in [-0.2, 0) is 11.3 Å². The molecule has 2 aromatic heterocycles. The number of halogens is 1. The van der Waals surface area contributed by atoms with Gasteiger partial charge in [0.15, 0.2) is 0 Å². The molecule has 166 valence electrons. The van der Waals surface area contributed by atoms with Crippen molar-refractivity contribution in [3.05, 3.63) is 47.6 Å². The van der Waals surface area contributed by atoms with Crippen molar-refractivity contribution in [3.8, 4) is 28.6 Å². The monoisotopic (exact) mass is 454 g/mol. The first-order chi connectivity index (χ1) is 15.2. The average molecular weight is 455 g/mol. The molecular formula is C23H23ClN4O4. The Morgan fingerprint density at radius 3 is 2.75 bits per heavy atom. The molecule has 32 heavy (non-hydrogen) atoms. The molecule has 0 bridgehead atoms. The van der Waals surface area contributed by atoms with Crippen LogP contribution in [0.4, 0.5) is 0 Å². The van der Waals surface area contributed by atoms with Crippen LogP contribution in [0.15, 0.2) is 47.1 Å². The average Bonchev–Trinajstić information content (AvgIpc) is 3.36. The van der Waals surface area contributed by atoms with Crippen LogP contribution in [-0.4, -0.2) is 37.1 Å². The van der Waals surface area contributed by atoms with Crippen molar-refractivity contribution in [1.82, 2.24) is 19.9 Å². The summed E-state index contributed by atoms with van der Waals surface area (Å²) in [5.74, 6) is 0.436. The summed E-state index contributed by atoms with van der Waals surface area (Å²) in [5.41, 5.74) is 1.25. The number of carbonyl (C=O) groups is 1. The molecule has 0 aliphatic rings. The van der Waals surface area contributed by atoms with E-state index >= 15 is 0 Å². The highest BCUT2D eigenvalue weighted by Gasteiger charge is 2.29. The first kappa shape index (κ1) is 21.8. The van der Waals surface area contributed by atoms with Crippen molar-refractivity contribution >= 4 is 28.5 Å². The second kappa shape index (κ2) is 8.27. The molecule has 0 aliphatic heterocycles. The number of rotatable bonds is 7. The largest absolute Gasteiger partial charge is 0.489 e.